The van der Waals surface area contributed by atoms with Gasteiger partial charge < -0.3 is 10.2 Å². The molecule has 3 nitrogen and oxygen atoms in total. The Balaban J connectivity index is 4.05. The van der Waals surface area contributed by atoms with Gasteiger partial charge in [0.1, 0.15) is 0 Å². The van der Waals surface area contributed by atoms with Crippen LogP contribution in [0.3, 0.4) is 0 Å². The summed E-state index contributed by atoms with van der Waals surface area (Å²) in [4.78, 5) is 10.2. The molecule has 0 aromatic rings. The smallest absolute Gasteiger partial charge is 0.303 e. The SMILES string of the molecule is CC(C)=CC(C)(O)CCC(=O)O. The van der Waals surface area contributed by atoms with Gasteiger partial charge in [-0.15, -0.1) is 0 Å². The highest BCUT2D eigenvalue weighted by atomic mass is 16.4. The molecule has 1 atom stereocenters. The van der Waals surface area contributed by atoms with Crippen molar-refractivity contribution < 1.29 is 15.0 Å². The van der Waals surface area contributed by atoms with Crippen LogP contribution >= 0.6 is 0 Å². The molecule has 0 aromatic carbocycles. The summed E-state index contributed by atoms with van der Waals surface area (Å²) in [7, 11) is 0. The summed E-state index contributed by atoms with van der Waals surface area (Å²) >= 11 is 0. The lowest BCUT2D eigenvalue weighted by Gasteiger charge is -2.18. The molecular formula is C9H16O3. The van der Waals surface area contributed by atoms with Crippen LogP contribution in [0, 0.1) is 0 Å². The summed E-state index contributed by atoms with van der Waals surface area (Å²) in [5.74, 6) is -0.877. The summed E-state index contributed by atoms with van der Waals surface area (Å²) in [6, 6.07) is 0. The van der Waals surface area contributed by atoms with Crippen LogP contribution in [0.25, 0.3) is 0 Å². The first-order valence-corrected chi connectivity index (χ1v) is 3.94. The molecular weight excluding hydrogens is 156 g/mol. The molecule has 0 aliphatic carbocycles. The zero-order valence-electron chi connectivity index (χ0n) is 7.79. The van der Waals surface area contributed by atoms with Crippen molar-refractivity contribution in [1.82, 2.24) is 0 Å². The zero-order chi connectivity index (χ0) is 9.78. The molecule has 0 saturated heterocycles. The van der Waals surface area contributed by atoms with E-state index in [-0.39, 0.29) is 12.8 Å². The quantitative estimate of drug-likeness (QED) is 0.633. The Hall–Kier alpha value is -0.830. The minimum atomic E-state index is -0.989. The van der Waals surface area contributed by atoms with Gasteiger partial charge in [0.25, 0.3) is 0 Å². The Morgan fingerprint density at radius 3 is 2.33 bits per heavy atom. The molecule has 0 radical (unpaired) electrons. The van der Waals surface area contributed by atoms with Crippen molar-refractivity contribution in [2.75, 3.05) is 0 Å². The average molecular weight is 172 g/mol. The van der Waals surface area contributed by atoms with E-state index >= 15 is 0 Å². The van der Waals surface area contributed by atoms with Crippen molar-refractivity contribution in [3.05, 3.63) is 11.6 Å². The fourth-order valence-electron chi connectivity index (χ4n) is 1.05. The molecule has 0 aliphatic heterocycles. The van der Waals surface area contributed by atoms with E-state index in [1.165, 1.54) is 0 Å². The minimum absolute atomic E-state index is 0.00319. The van der Waals surface area contributed by atoms with Gasteiger partial charge in [-0.2, -0.15) is 0 Å². The molecule has 0 heterocycles. The Morgan fingerprint density at radius 1 is 1.50 bits per heavy atom. The molecule has 12 heavy (non-hydrogen) atoms. The van der Waals surface area contributed by atoms with E-state index in [4.69, 9.17) is 5.11 Å². The lowest BCUT2D eigenvalue weighted by Crippen LogP contribution is -2.22. The Bertz CT molecular complexity index is 188. The van der Waals surface area contributed by atoms with Gasteiger partial charge in [-0.3, -0.25) is 4.79 Å². The highest BCUT2D eigenvalue weighted by molar-refractivity contribution is 5.66. The Labute approximate surface area is 72.7 Å². The summed E-state index contributed by atoms with van der Waals surface area (Å²) in [6.45, 7) is 5.35. The summed E-state index contributed by atoms with van der Waals surface area (Å²) in [5.41, 5.74) is 0.00223. The van der Waals surface area contributed by atoms with E-state index in [1.54, 1.807) is 13.0 Å². The standard InChI is InChI=1S/C9H16O3/c1-7(2)6-9(3,12)5-4-8(10)11/h6,12H,4-5H2,1-3H3,(H,10,11). The second-order valence-corrected chi connectivity index (χ2v) is 3.47. The summed E-state index contributed by atoms with van der Waals surface area (Å²) in [6.07, 6.45) is 1.93. The van der Waals surface area contributed by atoms with Gasteiger partial charge in [-0.1, -0.05) is 11.6 Å². The lowest BCUT2D eigenvalue weighted by atomic mass is 9.98. The number of rotatable bonds is 4. The highest BCUT2D eigenvalue weighted by Crippen LogP contribution is 2.15. The van der Waals surface area contributed by atoms with Crippen LogP contribution in [-0.2, 0) is 4.79 Å². The topological polar surface area (TPSA) is 57.5 Å². The van der Waals surface area contributed by atoms with Crippen LogP contribution in [0.5, 0.6) is 0 Å². The van der Waals surface area contributed by atoms with Crippen molar-refractivity contribution >= 4 is 5.97 Å². The third-order valence-electron chi connectivity index (χ3n) is 1.44. The number of allylic oxidation sites excluding steroid dienone is 1. The van der Waals surface area contributed by atoms with Crippen LogP contribution in [0.1, 0.15) is 33.6 Å². The lowest BCUT2D eigenvalue weighted by molar-refractivity contribution is -0.138. The number of aliphatic hydroxyl groups is 1. The first kappa shape index (κ1) is 11.2. The fraction of sp³-hybridized carbons (Fsp3) is 0.667. The zero-order valence-corrected chi connectivity index (χ0v) is 7.79. The van der Waals surface area contributed by atoms with Crippen molar-refractivity contribution in [1.29, 1.82) is 0 Å². The summed E-state index contributed by atoms with van der Waals surface area (Å²) < 4.78 is 0. The first-order valence-electron chi connectivity index (χ1n) is 3.94. The first-order chi connectivity index (χ1) is 5.33. The van der Waals surface area contributed by atoms with Crippen molar-refractivity contribution in [2.24, 2.45) is 0 Å². The van der Waals surface area contributed by atoms with Gasteiger partial charge in [0.2, 0.25) is 0 Å². The molecule has 0 aromatic heterocycles. The van der Waals surface area contributed by atoms with Gasteiger partial charge in [0, 0.05) is 6.42 Å². The van der Waals surface area contributed by atoms with E-state index < -0.39 is 11.6 Å². The second kappa shape index (κ2) is 4.26. The second-order valence-electron chi connectivity index (χ2n) is 3.47. The van der Waals surface area contributed by atoms with Gasteiger partial charge in [-0.05, 0) is 27.2 Å². The molecule has 0 fully saturated rings. The molecule has 70 valence electrons. The molecule has 0 bridgehead atoms. The van der Waals surface area contributed by atoms with E-state index in [1.807, 2.05) is 13.8 Å². The van der Waals surface area contributed by atoms with Crippen LogP contribution in [0.2, 0.25) is 0 Å². The predicted molar refractivity (Wildman–Crippen MR) is 46.9 cm³/mol. The molecule has 2 N–H and O–H groups in total. The summed E-state index contributed by atoms with van der Waals surface area (Å²) in [5, 5.41) is 18.0. The number of carboxylic acid groups (broad SMARTS) is 1. The Kier molecular flexibility index (Phi) is 3.96. The van der Waals surface area contributed by atoms with Crippen molar-refractivity contribution in [2.45, 2.75) is 39.2 Å². The van der Waals surface area contributed by atoms with Crippen LogP contribution in [0.4, 0.5) is 0 Å². The van der Waals surface area contributed by atoms with Crippen LogP contribution in [-0.4, -0.2) is 21.8 Å². The number of aliphatic carboxylic acids is 1. The molecule has 0 aliphatic rings. The normalized spacial score (nSPS) is 15.0. The van der Waals surface area contributed by atoms with Gasteiger partial charge in [-0.25, -0.2) is 0 Å². The van der Waals surface area contributed by atoms with Crippen molar-refractivity contribution in [3.63, 3.8) is 0 Å². The molecule has 0 saturated carbocycles. The molecule has 0 amide bonds. The van der Waals surface area contributed by atoms with Crippen LogP contribution in [0.15, 0.2) is 11.6 Å². The molecule has 0 spiro atoms. The Morgan fingerprint density at radius 2 is 2.00 bits per heavy atom. The van der Waals surface area contributed by atoms with E-state index in [0.29, 0.717) is 0 Å². The van der Waals surface area contributed by atoms with E-state index in [0.717, 1.165) is 5.57 Å². The van der Waals surface area contributed by atoms with Crippen LogP contribution < -0.4 is 0 Å². The third kappa shape index (κ3) is 5.92. The van der Waals surface area contributed by atoms with Gasteiger partial charge >= 0.3 is 5.97 Å². The van der Waals surface area contributed by atoms with E-state index in [9.17, 15) is 9.90 Å². The maximum Gasteiger partial charge on any atom is 0.303 e. The number of hydrogen-bond donors (Lipinski definition) is 2. The largest absolute Gasteiger partial charge is 0.481 e. The fourth-order valence-corrected chi connectivity index (χ4v) is 1.05. The van der Waals surface area contributed by atoms with Crippen molar-refractivity contribution in [3.8, 4) is 0 Å². The number of hydrogen-bond acceptors (Lipinski definition) is 2. The van der Waals surface area contributed by atoms with E-state index in [2.05, 4.69) is 0 Å². The maximum absolute atomic E-state index is 10.2. The molecule has 1 unspecified atom stereocenters. The third-order valence-corrected chi connectivity index (χ3v) is 1.44. The monoisotopic (exact) mass is 172 g/mol. The minimum Gasteiger partial charge on any atom is -0.481 e. The maximum atomic E-state index is 10.2. The number of carbonyl (C=O) groups is 1. The molecule has 0 rings (SSSR count). The molecule has 3 heteroatoms. The van der Waals surface area contributed by atoms with Gasteiger partial charge in [0.15, 0.2) is 0 Å². The average Bonchev–Trinajstić information content (AvgIpc) is 1.81. The predicted octanol–water partition coefficient (Wildman–Crippen LogP) is 1.57. The highest BCUT2D eigenvalue weighted by Gasteiger charge is 2.17. The number of carboxylic acids is 1. The van der Waals surface area contributed by atoms with Gasteiger partial charge in [0.05, 0.1) is 5.60 Å².